The molecule has 0 aliphatic carbocycles. The number of carbonyl (C=O) groups excluding carboxylic acids is 1. The summed E-state index contributed by atoms with van der Waals surface area (Å²) in [6.07, 6.45) is 0.897. The molecule has 3 aromatic rings. The zero-order chi connectivity index (χ0) is 22.0. The minimum Gasteiger partial charge on any atom is -0.351 e. The van der Waals surface area contributed by atoms with Crippen molar-refractivity contribution in [1.29, 1.82) is 0 Å². The van der Waals surface area contributed by atoms with Gasteiger partial charge in [-0.3, -0.25) is 4.79 Å². The summed E-state index contributed by atoms with van der Waals surface area (Å²) in [6, 6.07) is 15.4. The van der Waals surface area contributed by atoms with E-state index in [0.717, 1.165) is 34.3 Å². The van der Waals surface area contributed by atoms with Crippen LogP contribution in [-0.4, -0.2) is 53.2 Å². The molecule has 1 fully saturated rings. The van der Waals surface area contributed by atoms with Crippen molar-refractivity contribution < 1.29 is 4.79 Å². The van der Waals surface area contributed by atoms with Crippen LogP contribution in [0.4, 0.5) is 5.82 Å². The predicted octanol–water partition coefficient (Wildman–Crippen LogP) is 3.97. The molecule has 0 spiro atoms. The van der Waals surface area contributed by atoms with Gasteiger partial charge in [-0.1, -0.05) is 68.3 Å². The number of hydrogen-bond acceptors (Lipinski definition) is 5. The van der Waals surface area contributed by atoms with Crippen LogP contribution >= 0.6 is 11.6 Å². The molecule has 31 heavy (non-hydrogen) atoms. The zero-order valence-electron chi connectivity index (χ0n) is 18.0. The number of fused-ring (bicyclic) bond motifs is 1. The zero-order valence-corrected chi connectivity index (χ0v) is 18.7. The second-order valence-corrected chi connectivity index (χ2v) is 8.58. The Morgan fingerprint density at radius 3 is 2.32 bits per heavy atom. The SMILES string of the molecule is CC[C@H](C)[C@H](N)C(=O)N1CCN(c2nnc(-c3ccc(Cl)cc3)c3ccccc23)CC1. The van der Waals surface area contributed by atoms with Crippen molar-refractivity contribution in [2.75, 3.05) is 31.1 Å². The summed E-state index contributed by atoms with van der Waals surface area (Å²) in [4.78, 5) is 16.8. The van der Waals surface area contributed by atoms with Gasteiger partial charge in [0, 0.05) is 47.5 Å². The number of rotatable bonds is 5. The number of nitrogens with zero attached hydrogens (tertiary/aromatic N) is 4. The third kappa shape index (κ3) is 4.36. The maximum Gasteiger partial charge on any atom is 0.239 e. The number of nitrogens with two attached hydrogens (primary N) is 1. The van der Waals surface area contributed by atoms with Crippen LogP contribution < -0.4 is 10.6 Å². The molecule has 162 valence electrons. The minimum absolute atomic E-state index is 0.0445. The van der Waals surface area contributed by atoms with Gasteiger partial charge in [0.1, 0.15) is 5.69 Å². The highest BCUT2D eigenvalue weighted by Crippen LogP contribution is 2.32. The highest BCUT2D eigenvalue weighted by atomic mass is 35.5. The average molecular weight is 438 g/mol. The predicted molar refractivity (Wildman–Crippen MR) is 126 cm³/mol. The summed E-state index contributed by atoms with van der Waals surface area (Å²) in [6.45, 7) is 6.78. The number of hydrogen-bond donors (Lipinski definition) is 1. The first kappa shape index (κ1) is 21.5. The van der Waals surface area contributed by atoms with Gasteiger partial charge in [0.15, 0.2) is 5.82 Å². The molecule has 7 heteroatoms. The van der Waals surface area contributed by atoms with Crippen molar-refractivity contribution in [2.24, 2.45) is 11.7 Å². The van der Waals surface area contributed by atoms with E-state index in [4.69, 9.17) is 17.3 Å². The number of amides is 1. The monoisotopic (exact) mass is 437 g/mol. The lowest BCUT2D eigenvalue weighted by molar-refractivity contribution is -0.134. The van der Waals surface area contributed by atoms with Crippen molar-refractivity contribution in [3.63, 3.8) is 0 Å². The quantitative estimate of drug-likeness (QED) is 0.653. The Labute approximate surface area is 188 Å². The molecule has 4 rings (SSSR count). The largest absolute Gasteiger partial charge is 0.351 e. The first-order valence-corrected chi connectivity index (χ1v) is 11.2. The molecule has 2 N–H and O–H groups in total. The molecule has 1 aliphatic rings. The number of aromatic nitrogens is 2. The molecule has 6 nitrogen and oxygen atoms in total. The van der Waals surface area contributed by atoms with Crippen LogP contribution in [0.2, 0.25) is 5.02 Å². The van der Waals surface area contributed by atoms with Gasteiger partial charge in [0.25, 0.3) is 0 Å². The average Bonchev–Trinajstić information content (AvgIpc) is 2.82. The third-order valence-corrected chi connectivity index (χ3v) is 6.47. The minimum atomic E-state index is -0.434. The first-order chi connectivity index (χ1) is 15.0. The lowest BCUT2D eigenvalue weighted by atomic mass is 9.98. The Balaban J connectivity index is 1.57. The van der Waals surface area contributed by atoms with E-state index in [1.54, 1.807) is 0 Å². The molecule has 1 aliphatic heterocycles. The van der Waals surface area contributed by atoms with E-state index in [9.17, 15) is 4.79 Å². The van der Waals surface area contributed by atoms with E-state index in [1.807, 2.05) is 48.2 Å². The highest BCUT2D eigenvalue weighted by Gasteiger charge is 2.29. The Kier molecular flexibility index (Phi) is 6.39. The molecule has 0 radical (unpaired) electrons. The van der Waals surface area contributed by atoms with Crippen LogP contribution in [0, 0.1) is 5.92 Å². The molecule has 0 unspecified atom stereocenters. The normalized spacial score (nSPS) is 16.4. The number of carbonyl (C=O) groups is 1. The van der Waals surface area contributed by atoms with Crippen molar-refractivity contribution in [2.45, 2.75) is 26.3 Å². The summed E-state index contributed by atoms with van der Waals surface area (Å²) in [5, 5.41) is 11.9. The van der Waals surface area contributed by atoms with Crippen LogP contribution in [0.1, 0.15) is 20.3 Å². The molecule has 2 heterocycles. The first-order valence-electron chi connectivity index (χ1n) is 10.8. The number of benzene rings is 2. The van der Waals surface area contributed by atoms with E-state index in [2.05, 4.69) is 34.2 Å². The third-order valence-electron chi connectivity index (χ3n) is 6.22. The molecule has 0 bridgehead atoms. The van der Waals surface area contributed by atoms with Gasteiger partial charge in [-0.2, -0.15) is 0 Å². The van der Waals surface area contributed by atoms with E-state index < -0.39 is 6.04 Å². The molecule has 0 saturated carbocycles. The van der Waals surface area contributed by atoms with Crippen LogP contribution in [0.5, 0.6) is 0 Å². The maximum absolute atomic E-state index is 12.7. The van der Waals surface area contributed by atoms with Crippen molar-refractivity contribution >= 4 is 34.1 Å². The van der Waals surface area contributed by atoms with Gasteiger partial charge in [-0.15, -0.1) is 10.2 Å². The fraction of sp³-hybridized carbons (Fsp3) is 0.375. The topological polar surface area (TPSA) is 75.4 Å². The summed E-state index contributed by atoms with van der Waals surface area (Å²) in [5.41, 5.74) is 7.99. The van der Waals surface area contributed by atoms with Crippen LogP contribution in [0.25, 0.3) is 22.0 Å². The molecule has 2 aromatic carbocycles. The molecule has 1 saturated heterocycles. The van der Waals surface area contributed by atoms with E-state index >= 15 is 0 Å². The Morgan fingerprint density at radius 2 is 1.68 bits per heavy atom. The van der Waals surface area contributed by atoms with Gasteiger partial charge in [0.05, 0.1) is 6.04 Å². The Hall–Kier alpha value is -2.70. The van der Waals surface area contributed by atoms with Crippen LogP contribution in [0.3, 0.4) is 0 Å². The second kappa shape index (κ2) is 9.20. The number of halogens is 1. The summed E-state index contributed by atoms with van der Waals surface area (Å²) in [7, 11) is 0. The van der Waals surface area contributed by atoms with E-state index in [0.29, 0.717) is 31.2 Å². The smallest absolute Gasteiger partial charge is 0.239 e. The molecule has 1 amide bonds. The summed E-state index contributed by atoms with van der Waals surface area (Å²) >= 11 is 6.04. The fourth-order valence-corrected chi connectivity index (χ4v) is 4.12. The number of piperazine rings is 1. The second-order valence-electron chi connectivity index (χ2n) is 8.15. The van der Waals surface area contributed by atoms with Gasteiger partial charge in [-0.25, -0.2) is 0 Å². The molecule has 1 aromatic heterocycles. The van der Waals surface area contributed by atoms with E-state index in [-0.39, 0.29) is 11.8 Å². The molecule has 2 atom stereocenters. The Morgan fingerprint density at radius 1 is 1.03 bits per heavy atom. The van der Waals surface area contributed by atoms with Crippen molar-refractivity contribution in [3.8, 4) is 11.3 Å². The standard InChI is InChI=1S/C24H28ClN5O/c1-3-16(2)21(26)24(31)30-14-12-29(13-15-30)23-20-7-5-4-6-19(20)22(27-28-23)17-8-10-18(25)11-9-17/h4-11,16,21H,3,12-15,26H2,1-2H3/t16-,21-/m0/s1. The Bertz CT molecular complexity index is 1060. The molecular formula is C24H28ClN5O. The lowest BCUT2D eigenvalue weighted by Gasteiger charge is -2.37. The van der Waals surface area contributed by atoms with Crippen LogP contribution in [-0.2, 0) is 4.79 Å². The summed E-state index contributed by atoms with van der Waals surface area (Å²) in [5.74, 6) is 1.08. The highest BCUT2D eigenvalue weighted by molar-refractivity contribution is 6.30. The van der Waals surface area contributed by atoms with E-state index in [1.165, 1.54) is 0 Å². The lowest BCUT2D eigenvalue weighted by Crippen LogP contribution is -2.54. The van der Waals surface area contributed by atoms with Gasteiger partial charge in [-0.05, 0) is 18.1 Å². The molecular weight excluding hydrogens is 410 g/mol. The van der Waals surface area contributed by atoms with Gasteiger partial charge in [0.2, 0.25) is 5.91 Å². The van der Waals surface area contributed by atoms with Crippen molar-refractivity contribution in [1.82, 2.24) is 15.1 Å². The van der Waals surface area contributed by atoms with Gasteiger partial charge < -0.3 is 15.5 Å². The fourth-order valence-electron chi connectivity index (χ4n) is 3.99. The van der Waals surface area contributed by atoms with Crippen LogP contribution in [0.15, 0.2) is 48.5 Å². The van der Waals surface area contributed by atoms with Gasteiger partial charge >= 0.3 is 0 Å². The maximum atomic E-state index is 12.7. The summed E-state index contributed by atoms with van der Waals surface area (Å²) < 4.78 is 0. The van der Waals surface area contributed by atoms with Crippen molar-refractivity contribution in [3.05, 3.63) is 53.6 Å². The number of anilines is 1.